The zero-order valence-electron chi connectivity index (χ0n) is 13.0. The van der Waals surface area contributed by atoms with Gasteiger partial charge in [-0.3, -0.25) is 9.36 Å². The van der Waals surface area contributed by atoms with Gasteiger partial charge in [-0.05, 0) is 36.0 Å². The summed E-state index contributed by atoms with van der Waals surface area (Å²) in [6, 6.07) is 10.2. The summed E-state index contributed by atoms with van der Waals surface area (Å²) in [6.07, 6.45) is 1.39. The van der Waals surface area contributed by atoms with Crippen molar-refractivity contribution in [2.24, 2.45) is 0 Å². The molecule has 0 amide bonds. The Hall–Kier alpha value is -1.83. The van der Waals surface area contributed by atoms with Crippen LogP contribution in [0.4, 0.5) is 0 Å². The Balaban J connectivity index is 2.49. The first-order chi connectivity index (χ1) is 9.29. The Morgan fingerprint density at radius 1 is 1.12 bits per heavy atom. The van der Waals surface area contributed by atoms with Gasteiger partial charge >= 0.3 is 0 Å². The van der Waals surface area contributed by atoms with Crippen molar-refractivity contribution in [3.8, 4) is 5.69 Å². The van der Waals surface area contributed by atoms with E-state index in [0.29, 0.717) is 11.6 Å². The molecule has 0 N–H and O–H groups in total. The molecule has 2 rings (SSSR count). The lowest BCUT2D eigenvalue weighted by atomic mass is 10.0. The Morgan fingerprint density at radius 2 is 1.82 bits per heavy atom. The Kier molecular flexibility index (Phi) is 2.23. The first kappa shape index (κ1) is 8.29. The van der Waals surface area contributed by atoms with Gasteiger partial charge in [0.1, 0.15) is 0 Å². The molecule has 0 spiro atoms. The summed E-state index contributed by atoms with van der Waals surface area (Å²) in [6.45, 7) is 1.97. The summed E-state index contributed by atoms with van der Waals surface area (Å²) in [5.41, 5.74) is 1.76. The lowest BCUT2D eigenvalue weighted by Gasteiger charge is -2.09. The van der Waals surface area contributed by atoms with Gasteiger partial charge in [0.15, 0.2) is 0 Å². The number of pyridine rings is 1. The summed E-state index contributed by atoms with van der Waals surface area (Å²) in [5, 5.41) is 0. The van der Waals surface area contributed by atoms with Gasteiger partial charge in [0.05, 0.1) is 0 Å². The standard InChI is InChI=1S/C15H17NO/c1-11(2)13-5-7-14(8-6-13)16-10-12(3)4-9-15(16)17/h4-11H,1-3H3/i3D3. The largest absolute Gasteiger partial charge is 0.284 e. The lowest BCUT2D eigenvalue weighted by molar-refractivity contribution is 0.864. The second-order valence-electron chi connectivity index (χ2n) is 4.37. The summed E-state index contributed by atoms with van der Waals surface area (Å²) in [5.74, 6) is 0.412. The van der Waals surface area contributed by atoms with Crippen molar-refractivity contribution in [1.82, 2.24) is 4.57 Å². The van der Waals surface area contributed by atoms with Crippen LogP contribution in [-0.4, -0.2) is 4.57 Å². The minimum Gasteiger partial charge on any atom is -0.284 e. The van der Waals surface area contributed by atoms with Gasteiger partial charge in [-0.1, -0.05) is 32.0 Å². The van der Waals surface area contributed by atoms with E-state index in [-0.39, 0.29) is 11.1 Å². The highest BCUT2D eigenvalue weighted by molar-refractivity contribution is 5.36. The molecule has 1 aromatic heterocycles. The molecule has 2 heteroatoms. The van der Waals surface area contributed by atoms with E-state index in [2.05, 4.69) is 13.8 Å². The zero-order valence-corrected chi connectivity index (χ0v) is 9.97. The van der Waals surface area contributed by atoms with E-state index >= 15 is 0 Å². The Morgan fingerprint density at radius 3 is 2.41 bits per heavy atom. The molecule has 1 heterocycles. The molecule has 2 aromatic rings. The van der Waals surface area contributed by atoms with Crippen LogP contribution in [-0.2, 0) is 0 Å². The third-order valence-corrected chi connectivity index (χ3v) is 2.75. The molecule has 17 heavy (non-hydrogen) atoms. The van der Waals surface area contributed by atoms with Crippen LogP contribution < -0.4 is 5.56 Å². The van der Waals surface area contributed by atoms with Gasteiger partial charge in [-0.25, -0.2) is 0 Å². The van der Waals surface area contributed by atoms with E-state index in [1.54, 1.807) is 0 Å². The van der Waals surface area contributed by atoms with Gasteiger partial charge in [-0.15, -0.1) is 0 Å². The van der Waals surface area contributed by atoms with Crippen molar-refractivity contribution >= 4 is 0 Å². The highest BCUT2D eigenvalue weighted by atomic mass is 16.1. The number of hydrogen-bond donors (Lipinski definition) is 0. The second kappa shape index (κ2) is 4.58. The molecule has 88 valence electrons. The van der Waals surface area contributed by atoms with E-state index in [0.717, 1.165) is 0 Å². The molecule has 0 unspecified atom stereocenters. The zero-order chi connectivity index (χ0) is 14.9. The van der Waals surface area contributed by atoms with Crippen LogP contribution in [0, 0.1) is 6.85 Å². The fourth-order valence-corrected chi connectivity index (χ4v) is 1.71. The Bertz CT molecular complexity index is 654. The maximum Gasteiger partial charge on any atom is 0.255 e. The van der Waals surface area contributed by atoms with Crippen molar-refractivity contribution in [1.29, 1.82) is 0 Å². The molecular weight excluding hydrogens is 210 g/mol. The van der Waals surface area contributed by atoms with Gasteiger partial charge < -0.3 is 0 Å². The fourth-order valence-electron chi connectivity index (χ4n) is 1.71. The number of benzene rings is 1. The van der Waals surface area contributed by atoms with Crippen molar-refractivity contribution in [3.63, 3.8) is 0 Å². The highest BCUT2D eigenvalue weighted by Gasteiger charge is 2.02. The van der Waals surface area contributed by atoms with E-state index in [1.165, 1.54) is 28.5 Å². The molecule has 0 bridgehead atoms. The minimum atomic E-state index is -2.21. The third kappa shape index (κ3) is 2.47. The van der Waals surface area contributed by atoms with Crippen LogP contribution in [0.3, 0.4) is 0 Å². The number of hydrogen-bond acceptors (Lipinski definition) is 1. The van der Waals surface area contributed by atoms with Gasteiger partial charge in [0.2, 0.25) is 0 Å². The van der Waals surface area contributed by atoms with E-state index in [1.807, 2.05) is 24.3 Å². The van der Waals surface area contributed by atoms with Crippen molar-refractivity contribution in [2.45, 2.75) is 26.6 Å². The van der Waals surface area contributed by atoms with E-state index in [9.17, 15) is 4.79 Å². The molecule has 0 aliphatic carbocycles. The molecule has 2 nitrogen and oxygen atoms in total. The fraction of sp³-hybridized carbons (Fsp3) is 0.267. The molecule has 0 atom stereocenters. The second-order valence-corrected chi connectivity index (χ2v) is 4.37. The molecule has 0 saturated carbocycles. The van der Waals surface area contributed by atoms with Crippen LogP contribution in [0.25, 0.3) is 5.69 Å². The summed E-state index contributed by atoms with van der Waals surface area (Å²) < 4.78 is 23.6. The van der Waals surface area contributed by atoms with Crippen molar-refractivity contribution in [2.75, 3.05) is 0 Å². The summed E-state index contributed by atoms with van der Waals surface area (Å²) in [4.78, 5) is 11.9. The topological polar surface area (TPSA) is 22.0 Å². The molecule has 0 aliphatic rings. The molecule has 0 aliphatic heterocycles. The van der Waals surface area contributed by atoms with Crippen LogP contribution in [0.1, 0.15) is 35.0 Å². The summed E-state index contributed by atoms with van der Waals surface area (Å²) >= 11 is 0. The van der Waals surface area contributed by atoms with Crippen LogP contribution in [0.15, 0.2) is 47.4 Å². The van der Waals surface area contributed by atoms with Crippen molar-refractivity contribution in [3.05, 3.63) is 64.1 Å². The number of rotatable bonds is 2. The predicted octanol–water partition coefficient (Wildman–Crippen LogP) is 3.27. The number of aryl methyl sites for hydroxylation is 1. The number of nitrogens with zero attached hydrogens (tertiary/aromatic N) is 1. The van der Waals surface area contributed by atoms with Crippen LogP contribution in [0.5, 0.6) is 0 Å². The normalized spacial score (nSPS) is 14.2. The molecule has 0 saturated heterocycles. The average Bonchev–Trinajstić information content (AvgIpc) is 2.38. The van der Waals surface area contributed by atoms with Gasteiger partial charge in [0.25, 0.3) is 5.56 Å². The Labute approximate surface area is 106 Å². The van der Waals surface area contributed by atoms with Crippen LogP contribution >= 0.6 is 0 Å². The molecule has 0 radical (unpaired) electrons. The molecule has 0 fully saturated rings. The van der Waals surface area contributed by atoms with E-state index in [4.69, 9.17) is 4.11 Å². The maximum atomic E-state index is 11.9. The van der Waals surface area contributed by atoms with Gasteiger partial charge in [-0.2, -0.15) is 0 Å². The molecule has 1 aromatic carbocycles. The minimum absolute atomic E-state index is 0.157. The highest BCUT2D eigenvalue weighted by Crippen LogP contribution is 2.16. The van der Waals surface area contributed by atoms with Crippen molar-refractivity contribution < 1.29 is 4.11 Å². The third-order valence-electron chi connectivity index (χ3n) is 2.75. The summed E-state index contributed by atoms with van der Waals surface area (Å²) in [7, 11) is 0. The predicted molar refractivity (Wildman–Crippen MR) is 70.9 cm³/mol. The monoisotopic (exact) mass is 230 g/mol. The lowest BCUT2D eigenvalue weighted by Crippen LogP contribution is -2.16. The SMILES string of the molecule is [2H]C([2H])([2H])c1ccc(=O)n(-c2ccc(C(C)C)cc2)c1. The maximum absolute atomic E-state index is 11.9. The molecular formula is C15H17NO. The van der Waals surface area contributed by atoms with E-state index < -0.39 is 6.85 Å². The average molecular weight is 230 g/mol. The quantitative estimate of drug-likeness (QED) is 0.776. The van der Waals surface area contributed by atoms with Gasteiger partial charge in [0, 0.05) is 22.1 Å². The number of aromatic nitrogens is 1. The first-order valence-electron chi connectivity index (χ1n) is 7.12. The smallest absolute Gasteiger partial charge is 0.255 e. The first-order valence-corrected chi connectivity index (χ1v) is 5.62. The van der Waals surface area contributed by atoms with Crippen LogP contribution in [0.2, 0.25) is 0 Å².